The van der Waals surface area contributed by atoms with Crippen molar-refractivity contribution in [2.45, 2.75) is 25.0 Å². The van der Waals surface area contributed by atoms with E-state index >= 15 is 0 Å². The fourth-order valence-corrected chi connectivity index (χ4v) is 4.76. The first kappa shape index (κ1) is 22.1. The highest BCUT2D eigenvalue weighted by atomic mass is 35.5. The maximum atomic E-state index is 13.2. The lowest BCUT2D eigenvalue weighted by Gasteiger charge is -2.27. The van der Waals surface area contributed by atoms with E-state index in [4.69, 9.17) is 37.4 Å². The summed E-state index contributed by atoms with van der Waals surface area (Å²) in [5.74, 6) is -0.740. The highest BCUT2D eigenvalue weighted by Gasteiger charge is 2.47. The van der Waals surface area contributed by atoms with Crippen molar-refractivity contribution in [3.05, 3.63) is 63.1 Å². The number of hydrogen-bond donors (Lipinski definition) is 1. The number of nitrogens with zero attached hydrogens (tertiary/aromatic N) is 1. The number of ether oxygens (including phenoxy) is 3. The molecule has 1 amide bonds. The standard InChI is InChI=1S/C24H21Cl2NO6/c25-16-5-3-13(10-17(16)26)21-20(23(29)24(30)27(21)12-15-2-1-7-31-15)22(28)14-4-6-18-19(11-14)33-9-8-32-18/h3-6,10-11,15,21,28H,1-2,7-9,12H2. The number of rotatable bonds is 4. The van der Waals surface area contributed by atoms with Crippen molar-refractivity contribution < 1.29 is 28.9 Å². The quantitative estimate of drug-likeness (QED) is 0.390. The average molecular weight is 490 g/mol. The van der Waals surface area contributed by atoms with Crippen LogP contribution in [0.5, 0.6) is 11.5 Å². The largest absolute Gasteiger partial charge is 0.507 e. The maximum absolute atomic E-state index is 13.2. The number of Topliss-reactive ketones (excluding diaryl/α,β-unsaturated/α-hetero) is 1. The molecule has 3 heterocycles. The van der Waals surface area contributed by atoms with Gasteiger partial charge in [0, 0.05) is 18.7 Å². The minimum Gasteiger partial charge on any atom is -0.507 e. The van der Waals surface area contributed by atoms with Crippen LogP contribution in [0.15, 0.2) is 42.0 Å². The zero-order valence-corrected chi connectivity index (χ0v) is 19.1. The van der Waals surface area contributed by atoms with E-state index in [-0.39, 0.29) is 29.0 Å². The second-order valence-electron chi connectivity index (χ2n) is 8.12. The SMILES string of the molecule is O=C1C(=O)N(CC2CCCO2)C(c2ccc(Cl)c(Cl)c2)C1=C(O)c1ccc2c(c1)OCCO2. The molecule has 0 saturated carbocycles. The molecule has 2 aromatic carbocycles. The molecule has 2 atom stereocenters. The molecule has 0 aromatic heterocycles. The summed E-state index contributed by atoms with van der Waals surface area (Å²) < 4.78 is 16.8. The van der Waals surface area contributed by atoms with E-state index in [9.17, 15) is 14.7 Å². The fourth-order valence-electron chi connectivity index (χ4n) is 4.45. The van der Waals surface area contributed by atoms with Crippen LogP contribution in [0, 0.1) is 0 Å². The van der Waals surface area contributed by atoms with Crippen LogP contribution in [-0.4, -0.2) is 54.2 Å². The number of amides is 1. The predicted octanol–water partition coefficient (Wildman–Crippen LogP) is 4.37. The molecule has 0 spiro atoms. The van der Waals surface area contributed by atoms with Gasteiger partial charge in [-0.3, -0.25) is 9.59 Å². The van der Waals surface area contributed by atoms with Crippen molar-refractivity contribution in [2.75, 3.05) is 26.4 Å². The molecule has 2 fully saturated rings. The number of fused-ring (bicyclic) bond motifs is 1. The monoisotopic (exact) mass is 489 g/mol. The van der Waals surface area contributed by atoms with Crippen molar-refractivity contribution in [3.63, 3.8) is 0 Å². The third-order valence-electron chi connectivity index (χ3n) is 6.04. The summed E-state index contributed by atoms with van der Waals surface area (Å²) in [5, 5.41) is 11.9. The fraction of sp³-hybridized carbons (Fsp3) is 0.333. The molecule has 33 heavy (non-hydrogen) atoms. The van der Waals surface area contributed by atoms with Gasteiger partial charge in [0.1, 0.15) is 19.0 Å². The molecule has 1 N–H and O–H groups in total. The molecule has 3 aliphatic heterocycles. The molecule has 0 radical (unpaired) electrons. The number of benzene rings is 2. The van der Waals surface area contributed by atoms with E-state index in [1.54, 1.807) is 36.4 Å². The minimum absolute atomic E-state index is 0.0203. The second-order valence-corrected chi connectivity index (χ2v) is 8.93. The first-order valence-corrected chi connectivity index (χ1v) is 11.4. The summed E-state index contributed by atoms with van der Waals surface area (Å²) >= 11 is 12.3. The minimum atomic E-state index is -0.836. The highest BCUT2D eigenvalue weighted by molar-refractivity contribution is 6.47. The Labute approximate surface area is 200 Å². The van der Waals surface area contributed by atoms with E-state index < -0.39 is 17.7 Å². The van der Waals surface area contributed by atoms with Gasteiger partial charge in [-0.25, -0.2) is 0 Å². The van der Waals surface area contributed by atoms with Crippen LogP contribution >= 0.6 is 23.2 Å². The van der Waals surface area contributed by atoms with Crippen LogP contribution in [0.1, 0.15) is 30.0 Å². The molecule has 2 saturated heterocycles. The number of carbonyl (C=O) groups is 2. The Balaban J connectivity index is 1.62. The molecule has 0 aliphatic carbocycles. The first-order chi connectivity index (χ1) is 15.9. The normalized spacial score (nSPS) is 23.9. The van der Waals surface area contributed by atoms with Crippen molar-refractivity contribution in [1.29, 1.82) is 0 Å². The first-order valence-electron chi connectivity index (χ1n) is 10.7. The lowest BCUT2D eigenvalue weighted by molar-refractivity contribution is -0.140. The van der Waals surface area contributed by atoms with Gasteiger partial charge in [-0.2, -0.15) is 0 Å². The van der Waals surface area contributed by atoms with Crippen LogP contribution < -0.4 is 9.47 Å². The van der Waals surface area contributed by atoms with E-state index in [1.807, 2.05) is 0 Å². The maximum Gasteiger partial charge on any atom is 0.295 e. The second kappa shape index (κ2) is 8.89. The third kappa shape index (κ3) is 4.05. The lowest BCUT2D eigenvalue weighted by Crippen LogP contribution is -2.36. The predicted molar refractivity (Wildman–Crippen MR) is 122 cm³/mol. The van der Waals surface area contributed by atoms with Crippen molar-refractivity contribution >= 4 is 40.7 Å². The van der Waals surface area contributed by atoms with E-state index in [0.717, 1.165) is 12.8 Å². The highest BCUT2D eigenvalue weighted by Crippen LogP contribution is 2.42. The Hall–Kier alpha value is -2.74. The topological polar surface area (TPSA) is 85.3 Å². The molecule has 5 rings (SSSR count). The number of hydrogen-bond acceptors (Lipinski definition) is 6. The van der Waals surface area contributed by atoms with Gasteiger partial charge in [0.25, 0.3) is 11.7 Å². The van der Waals surface area contributed by atoms with E-state index in [1.165, 1.54) is 4.90 Å². The molecule has 3 aliphatic rings. The number of carbonyl (C=O) groups excluding carboxylic acids is 2. The molecule has 9 heteroatoms. The van der Waals surface area contributed by atoms with Crippen LogP contribution in [0.4, 0.5) is 0 Å². The van der Waals surface area contributed by atoms with Gasteiger partial charge in [0.2, 0.25) is 0 Å². The van der Waals surface area contributed by atoms with Crippen molar-refractivity contribution in [1.82, 2.24) is 4.90 Å². The van der Waals surface area contributed by atoms with Gasteiger partial charge in [-0.15, -0.1) is 0 Å². The number of likely N-dealkylation sites (tertiary alicyclic amines) is 1. The molecule has 2 unspecified atom stereocenters. The van der Waals surface area contributed by atoms with Crippen LogP contribution in [0.25, 0.3) is 5.76 Å². The number of halogens is 2. The van der Waals surface area contributed by atoms with E-state index in [2.05, 4.69) is 0 Å². The Bertz CT molecular complexity index is 1160. The number of ketones is 1. The Morgan fingerprint density at radius 3 is 2.52 bits per heavy atom. The summed E-state index contributed by atoms with van der Waals surface area (Å²) in [6.07, 6.45) is 1.51. The van der Waals surface area contributed by atoms with Crippen molar-refractivity contribution in [3.8, 4) is 11.5 Å². The summed E-state index contributed by atoms with van der Waals surface area (Å²) in [4.78, 5) is 27.7. The molecular formula is C24H21Cl2NO6. The number of aliphatic hydroxyl groups excluding tert-OH is 1. The molecule has 172 valence electrons. The van der Waals surface area contributed by atoms with Crippen LogP contribution in [0.2, 0.25) is 10.0 Å². The van der Waals surface area contributed by atoms with Crippen LogP contribution in [0.3, 0.4) is 0 Å². The molecule has 0 bridgehead atoms. The van der Waals surface area contributed by atoms with Crippen molar-refractivity contribution in [2.24, 2.45) is 0 Å². The lowest BCUT2D eigenvalue weighted by atomic mass is 9.95. The molecule has 7 nitrogen and oxygen atoms in total. The smallest absolute Gasteiger partial charge is 0.295 e. The van der Waals surface area contributed by atoms with Gasteiger partial charge in [0.05, 0.1) is 27.8 Å². The van der Waals surface area contributed by atoms with Gasteiger partial charge >= 0.3 is 0 Å². The van der Waals surface area contributed by atoms with Gasteiger partial charge in [0.15, 0.2) is 11.5 Å². The zero-order chi connectivity index (χ0) is 23.1. The molecule has 2 aromatic rings. The van der Waals surface area contributed by atoms with Gasteiger partial charge in [-0.1, -0.05) is 29.3 Å². The Kier molecular flexibility index (Phi) is 5.95. The summed E-state index contributed by atoms with van der Waals surface area (Å²) in [5.41, 5.74) is 0.896. The van der Waals surface area contributed by atoms with E-state index in [0.29, 0.717) is 47.5 Å². The number of aliphatic hydroxyl groups is 1. The average Bonchev–Trinajstić information content (AvgIpc) is 3.42. The van der Waals surface area contributed by atoms with Gasteiger partial charge < -0.3 is 24.2 Å². The summed E-state index contributed by atoms with van der Waals surface area (Å²) in [6, 6.07) is 8.98. The zero-order valence-electron chi connectivity index (χ0n) is 17.6. The third-order valence-corrected chi connectivity index (χ3v) is 6.78. The summed E-state index contributed by atoms with van der Waals surface area (Å²) in [7, 11) is 0. The summed E-state index contributed by atoms with van der Waals surface area (Å²) in [6.45, 7) is 1.66. The Morgan fingerprint density at radius 2 is 1.79 bits per heavy atom. The van der Waals surface area contributed by atoms with Crippen LogP contribution in [-0.2, 0) is 14.3 Å². The molecular weight excluding hydrogens is 469 g/mol. The Morgan fingerprint density at radius 1 is 1.00 bits per heavy atom. The van der Waals surface area contributed by atoms with Gasteiger partial charge in [-0.05, 0) is 48.7 Å².